The lowest BCUT2D eigenvalue weighted by Crippen LogP contribution is -2.21. The third-order valence-electron chi connectivity index (χ3n) is 2.44. The molecular weight excluding hydrogens is 278 g/mol. The first kappa shape index (κ1) is 13.9. The molecule has 0 spiro atoms. The monoisotopic (exact) mass is 289 g/mol. The van der Waals surface area contributed by atoms with Crippen molar-refractivity contribution in [1.82, 2.24) is 5.32 Å². The molecule has 20 heavy (non-hydrogen) atoms. The Bertz CT molecular complexity index is 630. The highest BCUT2D eigenvalue weighted by Crippen LogP contribution is 2.26. The number of anilines is 1. The topological polar surface area (TPSA) is 73.7 Å². The van der Waals surface area contributed by atoms with Crippen molar-refractivity contribution in [2.75, 3.05) is 5.43 Å². The Labute approximate surface area is 120 Å². The van der Waals surface area contributed by atoms with Crippen LogP contribution in [-0.2, 0) is 0 Å². The van der Waals surface area contributed by atoms with E-state index >= 15 is 0 Å². The first-order valence-corrected chi connectivity index (χ1v) is 6.16. The zero-order valence-corrected chi connectivity index (χ0v) is 11.1. The van der Waals surface area contributed by atoms with Crippen molar-refractivity contribution in [3.05, 3.63) is 59.1 Å². The third kappa shape index (κ3) is 3.73. The molecule has 2 aromatic rings. The van der Waals surface area contributed by atoms with Gasteiger partial charge in [-0.1, -0.05) is 29.8 Å². The Hall–Kier alpha value is -2.53. The summed E-state index contributed by atoms with van der Waals surface area (Å²) in [7, 11) is 0. The van der Waals surface area contributed by atoms with E-state index in [0.29, 0.717) is 16.3 Å². The molecule has 0 aromatic heterocycles. The van der Waals surface area contributed by atoms with E-state index in [4.69, 9.17) is 11.6 Å². The van der Waals surface area contributed by atoms with Gasteiger partial charge in [0.2, 0.25) is 0 Å². The molecule has 102 valence electrons. The van der Waals surface area contributed by atoms with Gasteiger partial charge in [0.1, 0.15) is 12.1 Å². The van der Waals surface area contributed by atoms with Crippen LogP contribution in [0.25, 0.3) is 0 Å². The molecular formula is C14H12ClN3O2. The van der Waals surface area contributed by atoms with Crippen LogP contribution in [-0.4, -0.2) is 17.4 Å². The van der Waals surface area contributed by atoms with E-state index in [9.17, 15) is 9.90 Å². The van der Waals surface area contributed by atoms with E-state index in [-0.39, 0.29) is 11.7 Å². The van der Waals surface area contributed by atoms with E-state index in [1.807, 2.05) is 6.07 Å². The minimum atomic E-state index is -0.272. The minimum absolute atomic E-state index is 0.0148. The number of nitrogens with one attached hydrogen (secondary N) is 2. The molecule has 0 aliphatic heterocycles. The number of hydrazone groups is 1. The predicted octanol–water partition coefficient (Wildman–Crippen LogP) is 2.83. The zero-order chi connectivity index (χ0) is 14.4. The Balaban J connectivity index is 1.91. The number of rotatable bonds is 4. The van der Waals surface area contributed by atoms with E-state index in [0.717, 1.165) is 0 Å². The molecule has 2 rings (SSSR count). The van der Waals surface area contributed by atoms with Gasteiger partial charge in [-0.05, 0) is 30.3 Å². The SMILES string of the molecule is O=C(N/C=N/Nc1cc(Cl)ccc1O)c1ccccc1. The second-order valence-corrected chi connectivity index (χ2v) is 4.31. The van der Waals surface area contributed by atoms with Crippen LogP contribution in [0.15, 0.2) is 53.6 Å². The molecule has 1 amide bonds. The zero-order valence-electron chi connectivity index (χ0n) is 10.4. The number of phenols is 1. The number of benzene rings is 2. The first-order chi connectivity index (χ1) is 9.66. The average Bonchev–Trinajstić information content (AvgIpc) is 2.47. The van der Waals surface area contributed by atoms with Crippen LogP contribution >= 0.6 is 11.6 Å². The maximum absolute atomic E-state index is 11.7. The van der Waals surface area contributed by atoms with Gasteiger partial charge in [0, 0.05) is 10.6 Å². The molecule has 6 heteroatoms. The molecule has 0 radical (unpaired) electrons. The highest BCUT2D eigenvalue weighted by molar-refractivity contribution is 6.30. The summed E-state index contributed by atoms with van der Waals surface area (Å²) in [5, 5.41) is 16.3. The fraction of sp³-hybridized carbons (Fsp3) is 0. The van der Waals surface area contributed by atoms with Gasteiger partial charge in [-0.25, -0.2) is 0 Å². The van der Waals surface area contributed by atoms with Gasteiger partial charge in [-0.2, -0.15) is 5.10 Å². The first-order valence-electron chi connectivity index (χ1n) is 5.79. The summed E-state index contributed by atoms with van der Waals surface area (Å²) in [5.41, 5.74) is 3.46. The van der Waals surface area contributed by atoms with Crippen molar-refractivity contribution in [2.45, 2.75) is 0 Å². The summed E-state index contributed by atoms with van der Waals surface area (Å²) in [6.07, 6.45) is 1.20. The Morgan fingerprint density at radius 1 is 1.20 bits per heavy atom. The molecule has 0 saturated carbocycles. The van der Waals surface area contributed by atoms with Gasteiger partial charge in [-0.3, -0.25) is 10.2 Å². The number of carbonyl (C=O) groups is 1. The van der Waals surface area contributed by atoms with Crippen molar-refractivity contribution >= 4 is 29.5 Å². The summed E-state index contributed by atoms with van der Waals surface area (Å²) in [6, 6.07) is 13.3. The van der Waals surface area contributed by atoms with Crippen LogP contribution in [0.2, 0.25) is 5.02 Å². The molecule has 0 aliphatic carbocycles. The summed E-state index contributed by atoms with van der Waals surface area (Å²) >= 11 is 5.79. The summed E-state index contributed by atoms with van der Waals surface area (Å²) < 4.78 is 0. The molecule has 0 saturated heterocycles. The standard InChI is InChI=1S/C14H12ClN3O2/c15-11-6-7-13(19)12(8-11)18-17-9-16-14(20)10-4-2-1-3-5-10/h1-9,18-19H,(H,16,17,20). The van der Waals surface area contributed by atoms with Crippen molar-refractivity contribution in [2.24, 2.45) is 5.10 Å². The molecule has 0 fully saturated rings. The van der Waals surface area contributed by atoms with E-state index in [2.05, 4.69) is 15.8 Å². The number of carbonyl (C=O) groups excluding carboxylic acids is 1. The van der Waals surface area contributed by atoms with Crippen molar-refractivity contribution in [1.29, 1.82) is 0 Å². The number of amides is 1. The molecule has 0 unspecified atom stereocenters. The third-order valence-corrected chi connectivity index (χ3v) is 2.67. The lowest BCUT2D eigenvalue weighted by molar-refractivity contribution is 0.0978. The van der Waals surface area contributed by atoms with Gasteiger partial charge >= 0.3 is 0 Å². The second-order valence-electron chi connectivity index (χ2n) is 3.87. The van der Waals surface area contributed by atoms with Crippen LogP contribution in [0, 0.1) is 0 Å². The Morgan fingerprint density at radius 2 is 1.95 bits per heavy atom. The van der Waals surface area contributed by atoms with Crippen LogP contribution in [0.1, 0.15) is 10.4 Å². The Morgan fingerprint density at radius 3 is 2.70 bits per heavy atom. The van der Waals surface area contributed by atoms with E-state index < -0.39 is 0 Å². The van der Waals surface area contributed by atoms with Crippen molar-refractivity contribution in [3.8, 4) is 5.75 Å². The van der Waals surface area contributed by atoms with Gasteiger partial charge in [0.25, 0.3) is 5.91 Å². The van der Waals surface area contributed by atoms with Gasteiger partial charge in [-0.15, -0.1) is 0 Å². The molecule has 5 nitrogen and oxygen atoms in total. The number of phenolic OH excluding ortho intramolecular Hbond substituents is 1. The summed E-state index contributed by atoms with van der Waals surface area (Å²) in [5.74, 6) is -0.257. The maximum atomic E-state index is 11.7. The number of halogens is 1. The minimum Gasteiger partial charge on any atom is -0.506 e. The predicted molar refractivity (Wildman–Crippen MR) is 79.1 cm³/mol. The number of aromatic hydroxyl groups is 1. The highest BCUT2D eigenvalue weighted by Gasteiger charge is 2.02. The van der Waals surface area contributed by atoms with Gasteiger partial charge < -0.3 is 10.4 Å². The van der Waals surface area contributed by atoms with Crippen molar-refractivity contribution in [3.63, 3.8) is 0 Å². The van der Waals surface area contributed by atoms with Gasteiger partial charge in [0.15, 0.2) is 0 Å². The lowest BCUT2D eigenvalue weighted by Gasteiger charge is -2.04. The van der Waals surface area contributed by atoms with Crippen molar-refractivity contribution < 1.29 is 9.90 Å². The largest absolute Gasteiger partial charge is 0.506 e. The summed E-state index contributed by atoms with van der Waals surface area (Å²) in [6.45, 7) is 0. The lowest BCUT2D eigenvalue weighted by atomic mass is 10.2. The number of nitrogens with zero attached hydrogens (tertiary/aromatic N) is 1. The fourth-order valence-electron chi connectivity index (χ4n) is 1.46. The molecule has 0 bridgehead atoms. The summed E-state index contributed by atoms with van der Waals surface area (Å²) in [4.78, 5) is 11.7. The molecule has 0 heterocycles. The quantitative estimate of drug-likeness (QED) is 0.351. The van der Waals surface area contributed by atoms with Gasteiger partial charge in [0.05, 0.1) is 5.69 Å². The highest BCUT2D eigenvalue weighted by atomic mass is 35.5. The van der Waals surface area contributed by atoms with Crippen LogP contribution in [0.3, 0.4) is 0 Å². The molecule has 0 atom stereocenters. The van der Waals surface area contributed by atoms with Crippen LogP contribution in [0.5, 0.6) is 5.75 Å². The normalized spacial score (nSPS) is 10.4. The average molecular weight is 290 g/mol. The molecule has 2 aromatic carbocycles. The Kier molecular flexibility index (Phi) is 4.57. The van der Waals surface area contributed by atoms with E-state index in [1.165, 1.54) is 18.5 Å². The van der Waals surface area contributed by atoms with E-state index in [1.54, 1.807) is 30.3 Å². The second kappa shape index (κ2) is 6.58. The van der Waals surface area contributed by atoms with Crippen LogP contribution in [0.4, 0.5) is 5.69 Å². The molecule has 0 aliphatic rings. The van der Waals surface area contributed by atoms with Crippen LogP contribution < -0.4 is 10.7 Å². The number of hydrogen-bond donors (Lipinski definition) is 3. The fourth-order valence-corrected chi connectivity index (χ4v) is 1.64. The molecule has 3 N–H and O–H groups in total. The maximum Gasteiger partial charge on any atom is 0.256 e. The smallest absolute Gasteiger partial charge is 0.256 e. The number of hydrogen-bond acceptors (Lipinski definition) is 4.